The summed E-state index contributed by atoms with van der Waals surface area (Å²) >= 11 is 0. The van der Waals surface area contributed by atoms with Crippen molar-refractivity contribution in [2.24, 2.45) is 17.8 Å². The number of hydrogen-bond acceptors (Lipinski definition) is 5. The maximum Gasteiger partial charge on any atom is 0.409 e. The molecule has 0 spiro atoms. The Morgan fingerprint density at radius 2 is 1.74 bits per heavy atom. The molecule has 0 unspecified atom stereocenters. The number of carbonyl (C=O) groups excluding carboxylic acids is 1. The number of aromatic nitrogens is 1. The third-order valence-electron chi connectivity index (χ3n) is 8.82. The number of piperazine rings is 1. The van der Waals surface area contributed by atoms with Gasteiger partial charge in [-0.3, -0.25) is 0 Å². The minimum absolute atomic E-state index is 0.201. The average Bonchev–Trinajstić information content (AvgIpc) is 2.81. The van der Waals surface area contributed by atoms with Crippen molar-refractivity contribution in [2.75, 3.05) is 37.7 Å². The summed E-state index contributed by atoms with van der Waals surface area (Å²) in [6.07, 6.45) is 8.26. The van der Waals surface area contributed by atoms with Crippen molar-refractivity contribution in [3.8, 4) is 0 Å². The van der Waals surface area contributed by atoms with E-state index in [0.717, 1.165) is 48.7 Å². The lowest BCUT2D eigenvalue weighted by atomic mass is 9.53. The molecule has 0 atom stereocenters. The second-order valence-electron chi connectivity index (χ2n) is 11.4. The number of ether oxygens (including phenoxy) is 1. The van der Waals surface area contributed by atoms with Crippen LogP contribution in [-0.2, 0) is 11.3 Å². The van der Waals surface area contributed by atoms with Crippen LogP contribution in [0.5, 0.6) is 0 Å². The first-order valence-electron chi connectivity index (χ1n) is 13.3. The topological polar surface area (TPSA) is 57.7 Å². The maximum atomic E-state index is 12.2. The molecule has 4 bridgehead atoms. The zero-order valence-corrected chi connectivity index (χ0v) is 20.7. The maximum absolute atomic E-state index is 12.2. The Bertz CT molecular complexity index is 1040. The fraction of sp³-hybridized carbons (Fsp3) is 0.643. The molecule has 6 heteroatoms. The number of pyridine rings is 1. The lowest BCUT2D eigenvalue weighted by molar-refractivity contribution is -0.0205. The number of benzene rings is 1. The van der Waals surface area contributed by atoms with Gasteiger partial charge in [-0.2, -0.15) is 0 Å². The minimum atomic E-state index is -0.201. The first kappa shape index (κ1) is 22.1. The van der Waals surface area contributed by atoms with Crippen LogP contribution in [0.4, 0.5) is 10.6 Å². The SMILES string of the molecule is CCOC(=O)N1CCN(c2nc3ccc(C)cc3cc2CNC23CC4CC(CC(C4)C2)C3)CC1. The van der Waals surface area contributed by atoms with Crippen LogP contribution < -0.4 is 10.2 Å². The van der Waals surface area contributed by atoms with Crippen molar-refractivity contribution in [2.45, 2.75) is 64.5 Å². The number of anilines is 1. The van der Waals surface area contributed by atoms with Gasteiger partial charge in [0, 0.05) is 49.2 Å². The smallest absolute Gasteiger partial charge is 0.409 e. The molecule has 1 aromatic carbocycles. The molecular weight excluding hydrogens is 424 g/mol. The molecule has 1 amide bonds. The lowest BCUT2D eigenvalue weighted by Crippen LogP contribution is -2.58. The van der Waals surface area contributed by atoms with E-state index in [2.05, 4.69) is 41.4 Å². The summed E-state index contributed by atoms with van der Waals surface area (Å²) in [7, 11) is 0. The fourth-order valence-electron chi connectivity index (χ4n) is 7.66. The van der Waals surface area contributed by atoms with Crippen molar-refractivity contribution in [3.63, 3.8) is 0 Å². The molecular formula is C28H38N4O2. The van der Waals surface area contributed by atoms with Crippen LogP contribution in [-0.4, -0.2) is 54.3 Å². The molecule has 5 fully saturated rings. The van der Waals surface area contributed by atoms with Crippen LogP contribution in [0, 0.1) is 24.7 Å². The second-order valence-corrected chi connectivity index (χ2v) is 11.4. The van der Waals surface area contributed by atoms with E-state index in [1.165, 1.54) is 55.0 Å². The summed E-state index contributed by atoms with van der Waals surface area (Å²) in [4.78, 5) is 21.5. The average molecular weight is 463 g/mol. The molecule has 7 rings (SSSR count). The van der Waals surface area contributed by atoms with E-state index >= 15 is 0 Å². The van der Waals surface area contributed by atoms with Gasteiger partial charge in [0.2, 0.25) is 0 Å². The van der Waals surface area contributed by atoms with E-state index in [1.54, 1.807) is 0 Å². The Balaban J connectivity index is 1.25. The summed E-state index contributed by atoms with van der Waals surface area (Å²) in [6.45, 7) is 8.22. The van der Waals surface area contributed by atoms with Gasteiger partial charge in [-0.05, 0) is 88.3 Å². The van der Waals surface area contributed by atoms with E-state index in [9.17, 15) is 4.79 Å². The normalized spacial score (nSPS) is 30.2. The predicted molar refractivity (Wildman–Crippen MR) is 135 cm³/mol. The third kappa shape index (κ3) is 4.15. The Morgan fingerprint density at radius 1 is 1.06 bits per heavy atom. The van der Waals surface area contributed by atoms with Gasteiger partial charge in [-0.1, -0.05) is 11.6 Å². The molecule has 1 aromatic heterocycles. The highest BCUT2D eigenvalue weighted by molar-refractivity contribution is 5.82. The highest BCUT2D eigenvalue weighted by atomic mass is 16.6. The van der Waals surface area contributed by atoms with Crippen molar-refractivity contribution >= 4 is 22.8 Å². The lowest BCUT2D eigenvalue weighted by Gasteiger charge is -2.57. The van der Waals surface area contributed by atoms with Gasteiger partial charge in [0.1, 0.15) is 5.82 Å². The van der Waals surface area contributed by atoms with Crippen LogP contribution >= 0.6 is 0 Å². The van der Waals surface area contributed by atoms with Gasteiger partial charge in [-0.25, -0.2) is 9.78 Å². The number of fused-ring (bicyclic) bond motifs is 1. The van der Waals surface area contributed by atoms with Gasteiger partial charge in [0.15, 0.2) is 0 Å². The number of aryl methyl sites for hydroxylation is 1. The van der Waals surface area contributed by atoms with Crippen molar-refractivity contribution < 1.29 is 9.53 Å². The van der Waals surface area contributed by atoms with Gasteiger partial charge >= 0.3 is 6.09 Å². The molecule has 182 valence electrons. The first-order chi connectivity index (χ1) is 16.5. The zero-order chi connectivity index (χ0) is 23.3. The number of hydrogen-bond donors (Lipinski definition) is 1. The number of nitrogens with one attached hydrogen (secondary N) is 1. The molecule has 34 heavy (non-hydrogen) atoms. The summed E-state index contributed by atoms with van der Waals surface area (Å²) in [5.41, 5.74) is 3.94. The van der Waals surface area contributed by atoms with Crippen LogP contribution in [0.25, 0.3) is 10.9 Å². The molecule has 1 aliphatic heterocycles. The van der Waals surface area contributed by atoms with E-state index in [4.69, 9.17) is 9.72 Å². The molecule has 6 nitrogen and oxygen atoms in total. The van der Waals surface area contributed by atoms with Crippen molar-refractivity contribution in [1.29, 1.82) is 0 Å². The molecule has 4 aliphatic carbocycles. The van der Waals surface area contributed by atoms with Crippen LogP contribution in [0.3, 0.4) is 0 Å². The Hall–Kier alpha value is -2.34. The summed E-state index contributed by atoms with van der Waals surface area (Å²) < 4.78 is 5.21. The molecule has 5 aliphatic rings. The van der Waals surface area contributed by atoms with Crippen molar-refractivity contribution in [1.82, 2.24) is 15.2 Å². The predicted octanol–water partition coefficient (Wildman–Crippen LogP) is 4.88. The van der Waals surface area contributed by atoms with Crippen LogP contribution in [0.15, 0.2) is 24.3 Å². The van der Waals surface area contributed by atoms with Gasteiger partial charge in [-0.15, -0.1) is 0 Å². The van der Waals surface area contributed by atoms with E-state index in [0.29, 0.717) is 25.2 Å². The number of amides is 1. The molecule has 4 saturated carbocycles. The molecule has 2 aromatic rings. The monoisotopic (exact) mass is 462 g/mol. The Morgan fingerprint density at radius 3 is 2.38 bits per heavy atom. The van der Waals surface area contributed by atoms with E-state index in [1.807, 2.05) is 11.8 Å². The summed E-state index contributed by atoms with van der Waals surface area (Å²) in [6, 6.07) is 8.89. The van der Waals surface area contributed by atoms with Gasteiger partial charge in [0.05, 0.1) is 12.1 Å². The van der Waals surface area contributed by atoms with Gasteiger partial charge in [0.25, 0.3) is 0 Å². The Kier molecular flexibility index (Phi) is 5.67. The molecule has 0 radical (unpaired) electrons. The van der Waals surface area contributed by atoms with E-state index in [-0.39, 0.29) is 6.09 Å². The number of carbonyl (C=O) groups is 1. The number of rotatable bonds is 5. The highest BCUT2D eigenvalue weighted by Gasteiger charge is 2.50. The van der Waals surface area contributed by atoms with Crippen LogP contribution in [0.2, 0.25) is 0 Å². The zero-order valence-electron chi connectivity index (χ0n) is 20.7. The van der Waals surface area contributed by atoms with Crippen molar-refractivity contribution in [3.05, 3.63) is 35.4 Å². The minimum Gasteiger partial charge on any atom is -0.450 e. The quantitative estimate of drug-likeness (QED) is 0.686. The second kappa shape index (κ2) is 8.71. The third-order valence-corrected chi connectivity index (χ3v) is 8.82. The summed E-state index contributed by atoms with van der Waals surface area (Å²) in [5, 5.41) is 5.31. The Labute approximate surface area is 203 Å². The highest BCUT2D eigenvalue weighted by Crippen LogP contribution is 2.55. The van der Waals surface area contributed by atoms with Crippen LogP contribution in [0.1, 0.15) is 56.6 Å². The van der Waals surface area contributed by atoms with Gasteiger partial charge < -0.3 is 19.9 Å². The molecule has 1 N–H and O–H groups in total. The first-order valence-corrected chi connectivity index (χ1v) is 13.3. The summed E-state index contributed by atoms with van der Waals surface area (Å²) in [5.74, 6) is 3.89. The fourth-order valence-corrected chi connectivity index (χ4v) is 7.66. The molecule has 1 saturated heterocycles. The standard InChI is InChI=1S/C28H38N4O2/c1-3-34-27(33)32-8-6-31(7-9-32)26-24(14-23-10-19(2)4-5-25(23)30-26)18-29-28-15-20-11-21(16-28)13-22(12-20)17-28/h4-5,10,14,20-22,29H,3,6-9,11-13,15-18H2,1-2H3. The molecule has 2 heterocycles. The van der Waals surface area contributed by atoms with E-state index < -0.39 is 0 Å². The number of nitrogens with zero attached hydrogens (tertiary/aromatic N) is 3. The largest absolute Gasteiger partial charge is 0.450 e.